The summed E-state index contributed by atoms with van der Waals surface area (Å²) in [6.45, 7) is 0. The first-order chi connectivity index (χ1) is 10.2. The van der Waals surface area contributed by atoms with Crippen LogP contribution in [0.25, 0.3) is 0 Å². The second-order valence-electron chi connectivity index (χ2n) is 4.90. The molecule has 5 nitrogen and oxygen atoms in total. The standard InChI is InChI=1S/C15H14N2O3S/c18-13(9-4-3-7-16-8-9)17-14-12(15(19)20)10-5-1-2-6-11(10)21-14/h3-4,7-8H,1-2,5-6H2,(H,17,18)(H,19,20)/p-1. The number of hydrogen-bond donors (Lipinski definition) is 1. The van der Waals surface area contributed by atoms with Gasteiger partial charge in [0.25, 0.3) is 5.91 Å². The molecule has 0 saturated carbocycles. The molecule has 0 spiro atoms. The number of carboxylic acids is 1. The van der Waals surface area contributed by atoms with Gasteiger partial charge in [-0.25, -0.2) is 0 Å². The van der Waals surface area contributed by atoms with E-state index >= 15 is 0 Å². The maximum atomic E-state index is 12.1. The third-order valence-electron chi connectivity index (χ3n) is 3.53. The van der Waals surface area contributed by atoms with E-state index in [4.69, 9.17) is 0 Å². The maximum absolute atomic E-state index is 12.1. The Hall–Kier alpha value is -2.21. The van der Waals surface area contributed by atoms with E-state index in [1.165, 1.54) is 17.5 Å². The highest BCUT2D eigenvalue weighted by Crippen LogP contribution is 2.37. The minimum Gasteiger partial charge on any atom is -0.545 e. The number of carboxylic acid groups (broad SMARTS) is 1. The molecule has 1 aliphatic rings. The van der Waals surface area contributed by atoms with E-state index in [-0.39, 0.29) is 11.5 Å². The van der Waals surface area contributed by atoms with Gasteiger partial charge in [0.15, 0.2) is 0 Å². The zero-order valence-corrected chi connectivity index (χ0v) is 12.0. The number of thiophene rings is 1. The SMILES string of the molecule is O=C(Nc1sc2c(c1C(=O)[O-])CCCC2)c1cccnc1. The Morgan fingerprint density at radius 1 is 1.29 bits per heavy atom. The molecule has 2 aromatic heterocycles. The van der Waals surface area contributed by atoms with Crippen molar-refractivity contribution in [3.05, 3.63) is 46.1 Å². The topological polar surface area (TPSA) is 82.1 Å². The molecule has 108 valence electrons. The van der Waals surface area contributed by atoms with E-state index < -0.39 is 5.97 Å². The molecule has 21 heavy (non-hydrogen) atoms. The molecule has 0 fully saturated rings. The fourth-order valence-corrected chi connectivity index (χ4v) is 3.81. The van der Waals surface area contributed by atoms with Gasteiger partial charge >= 0.3 is 0 Å². The number of hydrogen-bond acceptors (Lipinski definition) is 5. The Morgan fingerprint density at radius 3 is 2.81 bits per heavy atom. The van der Waals surface area contributed by atoms with Crippen molar-refractivity contribution in [1.82, 2.24) is 4.98 Å². The highest BCUT2D eigenvalue weighted by atomic mass is 32.1. The van der Waals surface area contributed by atoms with Gasteiger partial charge in [-0.1, -0.05) is 0 Å². The molecular weight excluding hydrogens is 288 g/mol. The van der Waals surface area contributed by atoms with Gasteiger partial charge < -0.3 is 15.2 Å². The van der Waals surface area contributed by atoms with Crippen molar-refractivity contribution in [1.29, 1.82) is 0 Å². The largest absolute Gasteiger partial charge is 0.545 e. The lowest BCUT2D eigenvalue weighted by molar-refractivity contribution is -0.254. The smallest absolute Gasteiger partial charge is 0.257 e. The lowest BCUT2D eigenvalue weighted by Crippen LogP contribution is -2.25. The van der Waals surface area contributed by atoms with Crippen LogP contribution in [-0.4, -0.2) is 16.9 Å². The van der Waals surface area contributed by atoms with Crippen molar-refractivity contribution in [3.8, 4) is 0 Å². The summed E-state index contributed by atoms with van der Waals surface area (Å²) in [6.07, 6.45) is 6.64. The second-order valence-corrected chi connectivity index (χ2v) is 6.00. The van der Waals surface area contributed by atoms with Crippen LogP contribution in [-0.2, 0) is 12.8 Å². The van der Waals surface area contributed by atoms with Crippen molar-refractivity contribution in [2.24, 2.45) is 0 Å². The first kappa shape index (κ1) is 13.8. The van der Waals surface area contributed by atoms with Crippen LogP contribution >= 0.6 is 11.3 Å². The number of aromatic carboxylic acids is 1. The zero-order chi connectivity index (χ0) is 14.8. The fourth-order valence-electron chi connectivity index (χ4n) is 2.54. The molecule has 2 aromatic rings. The first-order valence-corrected chi connectivity index (χ1v) is 7.55. The van der Waals surface area contributed by atoms with Gasteiger partial charge in [0.2, 0.25) is 0 Å². The molecule has 6 heteroatoms. The third-order valence-corrected chi connectivity index (χ3v) is 4.73. The number of aryl methyl sites for hydroxylation is 1. The van der Waals surface area contributed by atoms with Crippen molar-refractivity contribution >= 4 is 28.2 Å². The van der Waals surface area contributed by atoms with E-state index in [1.54, 1.807) is 18.3 Å². The molecule has 3 rings (SSSR count). The summed E-state index contributed by atoms with van der Waals surface area (Å²) in [5.41, 5.74) is 1.37. The molecule has 0 unspecified atom stereocenters. The monoisotopic (exact) mass is 301 g/mol. The Bertz CT molecular complexity index is 694. The zero-order valence-electron chi connectivity index (χ0n) is 11.2. The molecule has 1 aliphatic carbocycles. The van der Waals surface area contributed by atoms with Crippen LogP contribution in [0.4, 0.5) is 5.00 Å². The summed E-state index contributed by atoms with van der Waals surface area (Å²) in [5, 5.41) is 14.5. The summed E-state index contributed by atoms with van der Waals surface area (Å²) in [6, 6.07) is 3.29. The predicted octanol–water partition coefficient (Wildman–Crippen LogP) is 1.64. The third kappa shape index (κ3) is 2.67. The Kier molecular flexibility index (Phi) is 3.70. The molecule has 0 aliphatic heterocycles. The average Bonchev–Trinajstić information content (AvgIpc) is 2.86. The van der Waals surface area contributed by atoms with Gasteiger partial charge in [-0.05, 0) is 43.4 Å². The number of nitrogens with one attached hydrogen (secondary N) is 1. The Labute approximate surface area is 125 Å². The number of fused-ring (bicyclic) bond motifs is 1. The normalized spacial score (nSPS) is 13.5. The van der Waals surface area contributed by atoms with Crippen LogP contribution in [0.1, 0.15) is 44.0 Å². The second kappa shape index (κ2) is 5.65. The summed E-state index contributed by atoms with van der Waals surface area (Å²) in [7, 11) is 0. The Balaban J connectivity index is 1.94. The summed E-state index contributed by atoms with van der Waals surface area (Å²) >= 11 is 1.34. The molecule has 1 amide bonds. The first-order valence-electron chi connectivity index (χ1n) is 6.74. The molecule has 0 radical (unpaired) electrons. The number of pyridine rings is 1. The highest BCUT2D eigenvalue weighted by Gasteiger charge is 2.22. The van der Waals surface area contributed by atoms with E-state index in [1.807, 2.05) is 0 Å². The number of carbonyl (C=O) groups excluding carboxylic acids is 2. The van der Waals surface area contributed by atoms with Crippen molar-refractivity contribution in [3.63, 3.8) is 0 Å². The molecule has 0 aromatic carbocycles. The lowest BCUT2D eigenvalue weighted by atomic mass is 9.95. The van der Waals surface area contributed by atoms with Crippen molar-refractivity contribution in [2.75, 3.05) is 5.32 Å². The number of rotatable bonds is 3. The van der Waals surface area contributed by atoms with Gasteiger partial charge in [0.05, 0.1) is 11.5 Å². The summed E-state index contributed by atoms with van der Waals surface area (Å²) < 4.78 is 0. The summed E-state index contributed by atoms with van der Waals surface area (Å²) in [4.78, 5) is 28.5. The van der Waals surface area contributed by atoms with E-state index in [2.05, 4.69) is 10.3 Å². The predicted molar refractivity (Wildman–Crippen MR) is 77.5 cm³/mol. The highest BCUT2D eigenvalue weighted by molar-refractivity contribution is 7.17. The van der Waals surface area contributed by atoms with Crippen LogP contribution in [0, 0.1) is 0 Å². The average molecular weight is 301 g/mol. The number of anilines is 1. The molecule has 0 bridgehead atoms. The Morgan fingerprint density at radius 2 is 2.10 bits per heavy atom. The molecule has 0 saturated heterocycles. The van der Waals surface area contributed by atoms with Gasteiger partial charge in [-0.2, -0.15) is 0 Å². The van der Waals surface area contributed by atoms with Gasteiger partial charge in [-0.15, -0.1) is 11.3 Å². The minimum atomic E-state index is -1.23. The molecular formula is C15H13N2O3S-. The quantitative estimate of drug-likeness (QED) is 0.934. The number of nitrogens with zero attached hydrogens (tertiary/aromatic N) is 1. The van der Waals surface area contributed by atoms with Gasteiger partial charge in [0.1, 0.15) is 5.00 Å². The minimum absolute atomic E-state index is 0.145. The van der Waals surface area contributed by atoms with E-state index in [0.29, 0.717) is 10.6 Å². The molecule has 2 heterocycles. The maximum Gasteiger partial charge on any atom is 0.257 e. The number of carbonyl (C=O) groups is 2. The lowest BCUT2D eigenvalue weighted by Gasteiger charge is -2.13. The number of amides is 1. The van der Waals surface area contributed by atoms with Crippen LogP contribution < -0.4 is 10.4 Å². The van der Waals surface area contributed by atoms with Crippen LogP contribution in [0.5, 0.6) is 0 Å². The fraction of sp³-hybridized carbons (Fsp3) is 0.267. The molecule has 0 atom stereocenters. The molecule has 1 N–H and O–H groups in total. The van der Waals surface area contributed by atoms with Gasteiger partial charge in [0, 0.05) is 22.8 Å². The van der Waals surface area contributed by atoms with Crippen molar-refractivity contribution in [2.45, 2.75) is 25.7 Å². The van der Waals surface area contributed by atoms with Crippen LogP contribution in [0.2, 0.25) is 0 Å². The summed E-state index contributed by atoms with van der Waals surface area (Å²) in [5.74, 6) is -1.58. The van der Waals surface area contributed by atoms with Crippen LogP contribution in [0.3, 0.4) is 0 Å². The van der Waals surface area contributed by atoms with E-state index in [0.717, 1.165) is 36.1 Å². The van der Waals surface area contributed by atoms with Crippen molar-refractivity contribution < 1.29 is 14.7 Å². The van der Waals surface area contributed by atoms with Gasteiger partial charge in [-0.3, -0.25) is 9.78 Å². The number of aromatic nitrogens is 1. The van der Waals surface area contributed by atoms with Crippen LogP contribution in [0.15, 0.2) is 24.5 Å². The van der Waals surface area contributed by atoms with E-state index in [9.17, 15) is 14.7 Å².